The van der Waals surface area contributed by atoms with Crippen molar-refractivity contribution in [3.63, 3.8) is 0 Å². The normalized spacial score (nSPS) is 33.6. The molecule has 0 aliphatic heterocycles. The van der Waals surface area contributed by atoms with Crippen LogP contribution in [0, 0.1) is 17.8 Å². The molecule has 2 heteroatoms. The summed E-state index contributed by atoms with van der Waals surface area (Å²) in [5.41, 5.74) is 6.02. The third-order valence-electron chi connectivity index (χ3n) is 5.13. The van der Waals surface area contributed by atoms with Crippen molar-refractivity contribution >= 4 is 0 Å². The van der Waals surface area contributed by atoms with Crippen LogP contribution in [-0.2, 0) is 5.60 Å². The molecule has 2 nitrogen and oxygen atoms in total. The lowest BCUT2D eigenvalue weighted by atomic mass is 9.77. The maximum absolute atomic E-state index is 10.9. The standard InChI is InChI=1S/C16H23NO/c17-11-16(18,15-4-2-1-3-5-15)10-14-9-12-6-7-13(14)8-12/h1-5,12-14,18H,6-11,17H2. The molecule has 3 N–H and O–H groups in total. The van der Waals surface area contributed by atoms with Crippen LogP contribution in [0.5, 0.6) is 0 Å². The molecule has 0 saturated heterocycles. The quantitative estimate of drug-likeness (QED) is 0.856. The Hall–Kier alpha value is -0.860. The molecule has 2 bridgehead atoms. The van der Waals surface area contributed by atoms with Crippen molar-refractivity contribution in [1.82, 2.24) is 0 Å². The number of fused-ring (bicyclic) bond motifs is 2. The Bertz CT molecular complexity index is 405. The molecule has 0 aromatic heterocycles. The predicted molar refractivity (Wildman–Crippen MR) is 72.9 cm³/mol. The van der Waals surface area contributed by atoms with Crippen molar-refractivity contribution in [1.29, 1.82) is 0 Å². The van der Waals surface area contributed by atoms with Crippen LogP contribution in [0.4, 0.5) is 0 Å². The zero-order chi connectivity index (χ0) is 12.6. The summed E-state index contributed by atoms with van der Waals surface area (Å²) in [6, 6.07) is 9.95. The number of nitrogens with two attached hydrogens (primary N) is 1. The van der Waals surface area contributed by atoms with Gasteiger partial charge in [-0.2, -0.15) is 0 Å². The van der Waals surface area contributed by atoms with Crippen molar-refractivity contribution < 1.29 is 5.11 Å². The Balaban J connectivity index is 1.76. The number of rotatable bonds is 4. The molecule has 2 fully saturated rings. The van der Waals surface area contributed by atoms with E-state index in [1.165, 1.54) is 25.7 Å². The Kier molecular flexibility index (Phi) is 3.16. The molecule has 0 heterocycles. The average molecular weight is 245 g/mol. The Morgan fingerprint density at radius 1 is 1.17 bits per heavy atom. The van der Waals surface area contributed by atoms with Crippen LogP contribution >= 0.6 is 0 Å². The zero-order valence-electron chi connectivity index (χ0n) is 10.9. The largest absolute Gasteiger partial charge is 0.384 e. The van der Waals surface area contributed by atoms with Gasteiger partial charge in [-0.1, -0.05) is 36.8 Å². The van der Waals surface area contributed by atoms with Gasteiger partial charge < -0.3 is 10.8 Å². The first kappa shape index (κ1) is 12.2. The molecule has 18 heavy (non-hydrogen) atoms. The van der Waals surface area contributed by atoms with Gasteiger partial charge in [-0.3, -0.25) is 0 Å². The van der Waals surface area contributed by atoms with E-state index in [9.17, 15) is 5.11 Å². The van der Waals surface area contributed by atoms with E-state index >= 15 is 0 Å². The fourth-order valence-electron chi connectivity index (χ4n) is 4.13. The third kappa shape index (κ3) is 2.08. The first-order valence-corrected chi connectivity index (χ1v) is 7.19. The van der Waals surface area contributed by atoms with Crippen LogP contribution in [0.2, 0.25) is 0 Å². The molecule has 2 aliphatic carbocycles. The SMILES string of the molecule is NCC(O)(CC1CC2CCC1C2)c1ccccc1. The molecular formula is C16H23NO. The summed E-state index contributed by atoms with van der Waals surface area (Å²) in [5.74, 6) is 2.45. The molecule has 2 aliphatic rings. The molecule has 0 amide bonds. The summed E-state index contributed by atoms with van der Waals surface area (Å²) in [5, 5.41) is 10.9. The van der Waals surface area contributed by atoms with E-state index in [-0.39, 0.29) is 0 Å². The van der Waals surface area contributed by atoms with Crippen molar-refractivity contribution in [2.45, 2.75) is 37.7 Å². The molecule has 0 radical (unpaired) electrons. The topological polar surface area (TPSA) is 46.2 Å². The maximum atomic E-state index is 10.9. The summed E-state index contributed by atoms with van der Waals surface area (Å²) < 4.78 is 0. The second-order valence-electron chi connectivity index (χ2n) is 6.24. The van der Waals surface area contributed by atoms with E-state index in [4.69, 9.17) is 5.73 Å². The molecule has 98 valence electrons. The lowest BCUT2D eigenvalue weighted by molar-refractivity contribution is 0.0108. The van der Waals surface area contributed by atoms with Gasteiger partial charge in [0, 0.05) is 6.54 Å². The lowest BCUT2D eigenvalue weighted by Crippen LogP contribution is -2.38. The predicted octanol–water partition coefficient (Wildman–Crippen LogP) is 2.66. The minimum atomic E-state index is -0.823. The van der Waals surface area contributed by atoms with Gasteiger partial charge in [0.15, 0.2) is 0 Å². The second-order valence-corrected chi connectivity index (χ2v) is 6.24. The first-order chi connectivity index (χ1) is 8.71. The van der Waals surface area contributed by atoms with Gasteiger partial charge >= 0.3 is 0 Å². The van der Waals surface area contributed by atoms with E-state index in [1.54, 1.807) is 0 Å². The Morgan fingerprint density at radius 3 is 2.50 bits per heavy atom. The van der Waals surface area contributed by atoms with Gasteiger partial charge in [-0.15, -0.1) is 0 Å². The Labute approximate surface area is 109 Å². The Morgan fingerprint density at radius 2 is 1.94 bits per heavy atom. The van der Waals surface area contributed by atoms with E-state index in [0.717, 1.165) is 23.8 Å². The number of hydrogen-bond acceptors (Lipinski definition) is 2. The van der Waals surface area contributed by atoms with E-state index in [1.807, 2.05) is 30.3 Å². The van der Waals surface area contributed by atoms with Crippen LogP contribution in [-0.4, -0.2) is 11.7 Å². The van der Waals surface area contributed by atoms with Crippen LogP contribution in [0.25, 0.3) is 0 Å². The van der Waals surface area contributed by atoms with Crippen LogP contribution in [0.3, 0.4) is 0 Å². The average Bonchev–Trinajstić information content (AvgIpc) is 3.02. The summed E-state index contributed by atoms with van der Waals surface area (Å²) >= 11 is 0. The highest BCUT2D eigenvalue weighted by Gasteiger charge is 2.43. The summed E-state index contributed by atoms with van der Waals surface area (Å²) in [6.45, 7) is 0.324. The van der Waals surface area contributed by atoms with Crippen molar-refractivity contribution in [3.05, 3.63) is 35.9 Å². The van der Waals surface area contributed by atoms with E-state index in [0.29, 0.717) is 12.5 Å². The highest BCUT2D eigenvalue weighted by molar-refractivity contribution is 5.23. The molecular weight excluding hydrogens is 222 g/mol. The molecule has 0 spiro atoms. The van der Waals surface area contributed by atoms with Crippen LogP contribution in [0.1, 0.15) is 37.7 Å². The molecule has 4 atom stereocenters. The van der Waals surface area contributed by atoms with Crippen molar-refractivity contribution in [3.8, 4) is 0 Å². The van der Waals surface area contributed by atoms with Gasteiger partial charge in [0.2, 0.25) is 0 Å². The molecule has 2 saturated carbocycles. The molecule has 1 aromatic rings. The number of benzene rings is 1. The monoisotopic (exact) mass is 245 g/mol. The van der Waals surface area contributed by atoms with Gasteiger partial charge in [0.1, 0.15) is 5.60 Å². The van der Waals surface area contributed by atoms with E-state index in [2.05, 4.69) is 0 Å². The minimum Gasteiger partial charge on any atom is -0.384 e. The third-order valence-corrected chi connectivity index (χ3v) is 5.13. The van der Waals surface area contributed by atoms with Gasteiger partial charge in [0.05, 0.1) is 0 Å². The maximum Gasteiger partial charge on any atom is 0.102 e. The highest BCUT2D eigenvalue weighted by atomic mass is 16.3. The minimum absolute atomic E-state index is 0.324. The zero-order valence-corrected chi connectivity index (χ0v) is 10.9. The van der Waals surface area contributed by atoms with Gasteiger partial charge in [-0.25, -0.2) is 0 Å². The fourth-order valence-corrected chi connectivity index (χ4v) is 4.13. The molecule has 3 rings (SSSR count). The van der Waals surface area contributed by atoms with Crippen molar-refractivity contribution in [2.24, 2.45) is 23.5 Å². The summed E-state index contributed by atoms with van der Waals surface area (Å²) in [6.07, 6.45) is 6.31. The molecule has 4 unspecified atom stereocenters. The van der Waals surface area contributed by atoms with Crippen LogP contribution < -0.4 is 5.73 Å². The molecule has 1 aromatic carbocycles. The number of aliphatic hydroxyl groups is 1. The smallest absolute Gasteiger partial charge is 0.102 e. The van der Waals surface area contributed by atoms with Gasteiger partial charge in [-0.05, 0) is 49.0 Å². The van der Waals surface area contributed by atoms with E-state index < -0.39 is 5.60 Å². The second kappa shape index (κ2) is 4.67. The fraction of sp³-hybridized carbons (Fsp3) is 0.625. The summed E-state index contributed by atoms with van der Waals surface area (Å²) in [7, 11) is 0. The first-order valence-electron chi connectivity index (χ1n) is 7.19. The van der Waals surface area contributed by atoms with Crippen molar-refractivity contribution in [2.75, 3.05) is 6.54 Å². The highest BCUT2D eigenvalue weighted by Crippen LogP contribution is 2.51. The number of hydrogen-bond donors (Lipinski definition) is 2. The summed E-state index contributed by atoms with van der Waals surface area (Å²) in [4.78, 5) is 0. The lowest BCUT2D eigenvalue weighted by Gasteiger charge is -2.33. The van der Waals surface area contributed by atoms with Gasteiger partial charge in [0.25, 0.3) is 0 Å². The van der Waals surface area contributed by atoms with Crippen LogP contribution in [0.15, 0.2) is 30.3 Å².